The maximum Gasteiger partial charge on any atom is 0.135 e. The molecule has 0 bridgehead atoms. The molecule has 0 saturated heterocycles. The van der Waals surface area contributed by atoms with Crippen LogP contribution in [0.5, 0.6) is 11.5 Å². The van der Waals surface area contributed by atoms with E-state index in [1.165, 1.54) is 38.9 Å². The van der Waals surface area contributed by atoms with Gasteiger partial charge in [0.25, 0.3) is 0 Å². The summed E-state index contributed by atoms with van der Waals surface area (Å²) in [7, 11) is 0. The van der Waals surface area contributed by atoms with Crippen molar-refractivity contribution >= 4 is 44.6 Å². The molecule has 2 aromatic heterocycles. The van der Waals surface area contributed by atoms with Gasteiger partial charge in [-0.25, -0.2) is 4.98 Å². The Kier molecular flexibility index (Phi) is 12.3. The Balaban J connectivity index is 0.00000562. The number of hydrogen-bond donors (Lipinski definition) is 0. The molecule has 3 heterocycles. The van der Waals surface area contributed by atoms with Crippen LogP contribution in [-0.4, -0.2) is 9.55 Å². The van der Waals surface area contributed by atoms with Crippen molar-refractivity contribution in [1.29, 1.82) is 0 Å². The number of rotatable bonds is 10. The summed E-state index contributed by atoms with van der Waals surface area (Å²) in [5.74, 6) is 2.79. The zero-order chi connectivity index (χ0) is 45.9. The van der Waals surface area contributed by atoms with Crippen LogP contribution >= 0.6 is 0 Å². The molecule has 0 fully saturated rings. The number of hydrogen-bond acceptors (Lipinski definition) is 4. The number of benzene rings is 7. The van der Waals surface area contributed by atoms with Crippen molar-refractivity contribution in [3.05, 3.63) is 211 Å². The monoisotopic (exact) mass is 1060 g/mol. The van der Waals surface area contributed by atoms with Crippen LogP contribution in [0, 0.1) is 18.8 Å². The van der Waals surface area contributed by atoms with Gasteiger partial charge in [0.15, 0.2) is 0 Å². The smallest absolute Gasteiger partial charge is 0.135 e. The van der Waals surface area contributed by atoms with E-state index in [1.54, 1.807) is 0 Å². The fourth-order valence-corrected chi connectivity index (χ4v) is 9.60. The molecule has 340 valence electrons. The molecular formula is C61H57N4OPt-3. The molecule has 9 aromatic rings. The average molecular weight is 1060 g/mol. The molecular weight excluding hydrogens is 1000 g/mol. The summed E-state index contributed by atoms with van der Waals surface area (Å²) in [4.78, 5) is 9.44. The zero-order valence-corrected chi connectivity index (χ0v) is 42.1. The standard InChI is InChI=1S/C61H57N4O.Pt/c1-40(2)50-25-17-26-51(41(3)4)59(50)42-28-31-55-57(34-42)64(39-63(55)46-21-15-20-45(35-46)61(8,9)43-18-11-10-12-19-43)47-22-16-23-48(37-47)66-49-29-30-53-52-24-13-14-27-54(52)65(56(53)38-49)58-36-44(32-33-62-58)60(5,6)7;/h10-36,39-41H,1-9H3;/q-3;. The molecule has 0 amide bonds. The maximum atomic E-state index is 6.72. The first-order valence-electron chi connectivity index (χ1n) is 23.3. The fourth-order valence-electron chi connectivity index (χ4n) is 9.60. The molecule has 5 nitrogen and oxygen atoms in total. The summed E-state index contributed by atoms with van der Waals surface area (Å²) in [5, 5.41) is 2.23. The fraction of sp³-hybridized carbons (Fsp3) is 0.213. The molecule has 0 aliphatic carbocycles. The van der Waals surface area contributed by atoms with Gasteiger partial charge in [0.2, 0.25) is 0 Å². The van der Waals surface area contributed by atoms with Gasteiger partial charge in [-0.05, 0) is 104 Å². The average Bonchev–Trinajstić information content (AvgIpc) is 3.87. The van der Waals surface area contributed by atoms with Crippen molar-refractivity contribution in [1.82, 2.24) is 9.55 Å². The summed E-state index contributed by atoms with van der Waals surface area (Å²) in [6.45, 7) is 22.7. The summed E-state index contributed by atoms with van der Waals surface area (Å²) in [6.07, 6.45) is 1.91. The Morgan fingerprint density at radius 3 is 2.00 bits per heavy atom. The molecule has 10 rings (SSSR count). The molecule has 0 atom stereocenters. The molecule has 0 N–H and O–H groups in total. The first-order valence-corrected chi connectivity index (χ1v) is 23.3. The van der Waals surface area contributed by atoms with E-state index in [0.29, 0.717) is 23.3 Å². The van der Waals surface area contributed by atoms with Gasteiger partial charge < -0.3 is 19.1 Å². The van der Waals surface area contributed by atoms with Gasteiger partial charge >= 0.3 is 0 Å². The minimum absolute atomic E-state index is 0. The Morgan fingerprint density at radius 1 is 0.567 bits per heavy atom. The van der Waals surface area contributed by atoms with Gasteiger partial charge in [0.1, 0.15) is 5.82 Å². The molecule has 7 aromatic carbocycles. The van der Waals surface area contributed by atoms with Crippen LogP contribution < -0.4 is 14.5 Å². The molecule has 0 radical (unpaired) electrons. The third-order valence-corrected chi connectivity index (χ3v) is 13.4. The van der Waals surface area contributed by atoms with Crippen LogP contribution in [-0.2, 0) is 31.9 Å². The molecule has 6 heteroatoms. The summed E-state index contributed by atoms with van der Waals surface area (Å²) >= 11 is 0. The van der Waals surface area contributed by atoms with E-state index in [9.17, 15) is 0 Å². The predicted octanol–water partition coefficient (Wildman–Crippen LogP) is 16.5. The van der Waals surface area contributed by atoms with E-state index in [1.807, 2.05) is 24.4 Å². The van der Waals surface area contributed by atoms with E-state index in [-0.39, 0.29) is 31.9 Å². The van der Waals surface area contributed by atoms with Crippen LogP contribution in [0.2, 0.25) is 0 Å². The predicted molar refractivity (Wildman–Crippen MR) is 275 cm³/mol. The van der Waals surface area contributed by atoms with Crippen molar-refractivity contribution in [3.8, 4) is 28.4 Å². The quantitative estimate of drug-likeness (QED) is 0.128. The molecule has 0 unspecified atom stereocenters. The van der Waals surface area contributed by atoms with Gasteiger partial charge in [-0.3, -0.25) is 0 Å². The Hall–Kier alpha value is -6.42. The topological polar surface area (TPSA) is 33.5 Å². The van der Waals surface area contributed by atoms with Crippen molar-refractivity contribution in [2.75, 3.05) is 9.80 Å². The molecule has 0 spiro atoms. The SMILES string of the molecule is CC(C)c1cccc(C(C)C)c1-c1ccc2c(c1)N(c1[c-]c(Oc3[c-]c4c(cc3)c3ccccc3n4-c3cc(C(C)(C)C)ccn3)ccc1)[CH-]N2c1cccc(C(C)(C)c2ccccc2)c1.[Pt]. The van der Waals surface area contributed by atoms with Crippen LogP contribution in [0.4, 0.5) is 22.7 Å². The summed E-state index contributed by atoms with van der Waals surface area (Å²) in [5.41, 5.74) is 14.9. The normalized spacial score (nSPS) is 12.9. The Bertz CT molecular complexity index is 3220. The van der Waals surface area contributed by atoms with E-state index >= 15 is 0 Å². The second-order valence-corrected chi connectivity index (χ2v) is 19.8. The number of fused-ring (bicyclic) bond motifs is 4. The third kappa shape index (κ3) is 8.48. The van der Waals surface area contributed by atoms with Crippen molar-refractivity contribution in [3.63, 3.8) is 0 Å². The summed E-state index contributed by atoms with van der Waals surface area (Å²) < 4.78 is 8.93. The second-order valence-electron chi connectivity index (χ2n) is 19.8. The number of pyridine rings is 1. The Morgan fingerprint density at radius 2 is 1.25 bits per heavy atom. The summed E-state index contributed by atoms with van der Waals surface area (Å²) in [6, 6.07) is 63.8. The minimum Gasteiger partial charge on any atom is -0.509 e. The van der Waals surface area contributed by atoms with Gasteiger partial charge in [0.05, 0.1) is 0 Å². The second kappa shape index (κ2) is 18.0. The van der Waals surface area contributed by atoms with Crippen molar-refractivity contribution in [2.45, 2.75) is 85.0 Å². The van der Waals surface area contributed by atoms with E-state index in [4.69, 9.17) is 9.72 Å². The van der Waals surface area contributed by atoms with Crippen LogP contribution in [0.15, 0.2) is 164 Å². The van der Waals surface area contributed by atoms with Crippen LogP contribution in [0.1, 0.15) is 102 Å². The molecule has 0 saturated carbocycles. The van der Waals surface area contributed by atoms with Gasteiger partial charge in [-0.15, -0.1) is 48.1 Å². The van der Waals surface area contributed by atoms with Crippen LogP contribution in [0.3, 0.4) is 0 Å². The van der Waals surface area contributed by atoms with Gasteiger partial charge in [-0.1, -0.05) is 153 Å². The number of ether oxygens (including phenoxy) is 1. The minimum atomic E-state index is -0.196. The van der Waals surface area contributed by atoms with E-state index in [2.05, 4.69) is 235 Å². The van der Waals surface area contributed by atoms with Crippen LogP contribution in [0.25, 0.3) is 38.8 Å². The number of para-hydroxylation sites is 1. The van der Waals surface area contributed by atoms with E-state index < -0.39 is 0 Å². The van der Waals surface area contributed by atoms with Gasteiger partial charge in [0, 0.05) is 66.8 Å². The largest absolute Gasteiger partial charge is 0.509 e. The molecule has 67 heavy (non-hydrogen) atoms. The first-order chi connectivity index (χ1) is 31.8. The first kappa shape index (κ1) is 45.7. The van der Waals surface area contributed by atoms with Crippen molar-refractivity contribution < 1.29 is 25.8 Å². The zero-order valence-electron chi connectivity index (χ0n) is 39.8. The maximum absolute atomic E-state index is 6.72. The Labute approximate surface area is 411 Å². The van der Waals surface area contributed by atoms with Gasteiger partial charge in [-0.2, -0.15) is 12.1 Å². The number of aromatic nitrogens is 2. The molecule has 1 aliphatic heterocycles. The van der Waals surface area contributed by atoms with Crippen molar-refractivity contribution in [2.24, 2.45) is 0 Å². The number of anilines is 4. The third-order valence-electron chi connectivity index (χ3n) is 13.4. The van der Waals surface area contributed by atoms with E-state index in [0.717, 1.165) is 50.4 Å². The number of nitrogens with zero attached hydrogens (tertiary/aromatic N) is 4. The molecule has 1 aliphatic rings.